The maximum Gasteiger partial charge on any atom is 0.408 e. The molecule has 0 aliphatic rings. The summed E-state index contributed by atoms with van der Waals surface area (Å²) in [6.45, 7) is 3.79. The lowest BCUT2D eigenvalue weighted by Gasteiger charge is -2.26. The molecule has 8 heteroatoms. The average Bonchev–Trinajstić information content (AvgIpc) is 2.95. The molecule has 0 radical (unpaired) electrons. The van der Waals surface area contributed by atoms with E-state index in [9.17, 15) is 19.6 Å². The number of carbonyl (C=O) groups is 3. The minimum atomic E-state index is -1.05. The van der Waals surface area contributed by atoms with E-state index < -0.39 is 30.0 Å². The Balaban J connectivity index is 1.66. The van der Waals surface area contributed by atoms with Crippen LogP contribution in [0.25, 0.3) is 11.1 Å². The molecule has 3 aromatic carbocycles. The molecule has 0 saturated carbocycles. The van der Waals surface area contributed by atoms with Crippen LogP contribution in [0.2, 0.25) is 0 Å². The quantitative estimate of drug-likeness (QED) is 0.231. The van der Waals surface area contributed by atoms with E-state index in [-0.39, 0.29) is 18.9 Å². The molecule has 0 fully saturated rings. The molecule has 37 heavy (non-hydrogen) atoms. The first kappa shape index (κ1) is 27.4. The summed E-state index contributed by atoms with van der Waals surface area (Å²) in [6, 6.07) is 24.7. The van der Waals surface area contributed by atoms with Crippen LogP contribution >= 0.6 is 0 Å². The zero-order valence-electron chi connectivity index (χ0n) is 21.0. The van der Waals surface area contributed by atoms with Crippen LogP contribution in [0.15, 0.2) is 84.9 Å². The number of carbonyl (C=O) groups excluding carboxylic acids is 3. The van der Waals surface area contributed by atoms with Gasteiger partial charge in [-0.25, -0.2) is 10.3 Å². The van der Waals surface area contributed by atoms with Gasteiger partial charge in [0, 0.05) is 6.42 Å². The van der Waals surface area contributed by atoms with Crippen molar-refractivity contribution in [3.63, 3.8) is 0 Å². The number of hydrogen-bond acceptors (Lipinski definition) is 5. The number of nitrogens with one attached hydrogen (secondary N) is 3. The predicted molar refractivity (Wildman–Crippen MR) is 140 cm³/mol. The van der Waals surface area contributed by atoms with Crippen LogP contribution in [0.3, 0.4) is 0 Å². The Morgan fingerprint density at radius 1 is 0.784 bits per heavy atom. The topological polar surface area (TPSA) is 117 Å². The van der Waals surface area contributed by atoms with Gasteiger partial charge in [0.15, 0.2) is 0 Å². The lowest BCUT2D eigenvalue weighted by Crippen LogP contribution is -2.56. The van der Waals surface area contributed by atoms with E-state index in [1.807, 2.05) is 98.8 Å². The first-order chi connectivity index (χ1) is 17.9. The van der Waals surface area contributed by atoms with Crippen molar-refractivity contribution in [1.82, 2.24) is 16.1 Å². The third-order valence-electron chi connectivity index (χ3n) is 6.23. The van der Waals surface area contributed by atoms with Crippen molar-refractivity contribution >= 4 is 17.9 Å². The molecule has 3 atom stereocenters. The highest BCUT2D eigenvalue weighted by Crippen LogP contribution is 2.20. The minimum Gasteiger partial charge on any atom is -0.445 e. The van der Waals surface area contributed by atoms with E-state index in [1.54, 1.807) is 5.48 Å². The number of rotatable bonds is 11. The molecule has 0 spiro atoms. The minimum absolute atomic E-state index is 0.0655. The monoisotopic (exact) mass is 503 g/mol. The van der Waals surface area contributed by atoms with Gasteiger partial charge in [-0.05, 0) is 28.2 Å². The van der Waals surface area contributed by atoms with E-state index in [1.165, 1.54) is 0 Å². The highest BCUT2D eigenvalue weighted by atomic mass is 16.5. The van der Waals surface area contributed by atoms with Gasteiger partial charge in [0.05, 0.1) is 0 Å². The van der Waals surface area contributed by atoms with Crippen molar-refractivity contribution in [3.05, 3.63) is 96.1 Å². The summed E-state index contributed by atoms with van der Waals surface area (Å²) in [5.41, 5.74) is 5.32. The number of alkyl carbamates (subject to hydrolysis) is 1. The Hall–Kier alpha value is -4.17. The lowest BCUT2D eigenvalue weighted by molar-refractivity contribution is -0.135. The van der Waals surface area contributed by atoms with Crippen LogP contribution in [0.5, 0.6) is 0 Å². The number of amides is 3. The first-order valence-corrected chi connectivity index (χ1v) is 12.3. The fraction of sp³-hybridized carbons (Fsp3) is 0.276. The summed E-state index contributed by atoms with van der Waals surface area (Å²) < 4.78 is 5.27. The van der Waals surface area contributed by atoms with Crippen LogP contribution in [-0.4, -0.2) is 35.2 Å². The zero-order chi connectivity index (χ0) is 26.6. The second-order valence-corrected chi connectivity index (χ2v) is 8.87. The molecule has 0 bridgehead atoms. The number of benzene rings is 3. The molecule has 0 aliphatic carbocycles. The number of hydrogen-bond donors (Lipinski definition) is 4. The maximum absolute atomic E-state index is 13.2. The Morgan fingerprint density at radius 3 is 1.97 bits per heavy atom. The fourth-order valence-corrected chi connectivity index (χ4v) is 3.84. The molecule has 0 aliphatic heterocycles. The van der Waals surface area contributed by atoms with E-state index in [0.717, 1.165) is 22.3 Å². The van der Waals surface area contributed by atoms with Crippen LogP contribution < -0.4 is 16.1 Å². The van der Waals surface area contributed by atoms with Crippen molar-refractivity contribution < 1.29 is 24.3 Å². The molecule has 0 heterocycles. The Labute approximate surface area is 217 Å². The molecule has 3 rings (SSSR count). The highest BCUT2D eigenvalue weighted by molar-refractivity contribution is 5.91. The van der Waals surface area contributed by atoms with Gasteiger partial charge in [0.25, 0.3) is 5.91 Å². The average molecular weight is 504 g/mol. The van der Waals surface area contributed by atoms with Gasteiger partial charge in [-0.1, -0.05) is 105 Å². The summed E-state index contributed by atoms with van der Waals surface area (Å²) in [5.74, 6) is -1.53. The molecule has 0 aromatic heterocycles. The molecular formula is C29H33N3O5. The second kappa shape index (κ2) is 13.8. The van der Waals surface area contributed by atoms with Crippen molar-refractivity contribution in [2.45, 2.75) is 45.4 Å². The third kappa shape index (κ3) is 8.18. The largest absolute Gasteiger partial charge is 0.445 e. The Bertz CT molecular complexity index is 1150. The van der Waals surface area contributed by atoms with Crippen LogP contribution in [-0.2, 0) is 27.4 Å². The summed E-state index contributed by atoms with van der Waals surface area (Å²) >= 11 is 0. The van der Waals surface area contributed by atoms with Gasteiger partial charge in [0.2, 0.25) is 5.91 Å². The van der Waals surface area contributed by atoms with Gasteiger partial charge in [0.1, 0.15) is 18.7 Å². The van der Waals surface area contributed by atoms with Crippen LogP contribution in [0.1, 0.15) is 31.4 Å². The van der Waals surface area contributed by atoms with Crippen LogP contribution in [0.4, 0.5) is 4.79 Å². The molecule has 3 aromatic rings. The van der Waals surface area contributed by atoms with Crippen molar-refractivity contribution in [2.24, 2.45) is 5.92 Å². The van der Waals surface area contributed by atoms with Gasteiger partial charge >= 0.3 is 6.09 Å². The zero-order valence-corrected chi connectivity index (χ0v) is 21.0. The Morgan fingerprint density at radius 2 is 1.38 bits per heavy atom. The summed E-state index contributed by atoms with van der Waals surface area (Å²) in [5, 5.41) is 14.6. The SMILES string of the molecule is CC[C@@H](C)[C@@H](NC(=O)OCc1ccccc1)C(=O)NC(Cc1ccc(-c2ccccc2)cc1)C(=O)NO. The van der Waals surface area contributed by atoms with Gasteiger partial charge in [-0.15, -0.1) is 0 Å². The molecule has 0 saturated heterocycles. The first-order valence-electron chi connectivity index (χ1n) is 12.3. The van der Waals surface area contributed by atoms with Gasteiger partial charge in [-0.3, -0.25) is 14.8 Å². The third-order valence-corrected chi connectivity index (χ3v) is 6.23. The summed E-state index contributed by atoms with van der Waals surface area (Å²) in [4.78, 5) is 38.0. The predicted octanol–water partition coefficient (Wildman–Crippen LogP) is 4.23. The van der Waals surface area contributed by atoms with Crippen LogP contribution in [0, 0.1) is 5.92 Å². The lowest BCUT2D eigenvalue weighted by atomic mass is 9.97. The maximum atomic E-state index is 13.2. The van der Waals surface area contributed by atoms with E-state index in [2.05, 4.69) is 10.6 Å². The standard InChI is InChI=1S/C29H33N3O5/c1-3-20(2)26(31-29(35)37-19-22-10-6-4-7-11-22)28(34)30-25(27(33)32-36)18-21-14-16-24(17-15-21)23-12-8-5-9-13-23/h4-17,20,25-26,36H,3,18-19H2,1-2H3,(H,30,34)(H,31,35)(H,32,33)/t20-,25?,26-/m1/s1. The summed E-state index contributed by atoms with van der Waals surface area (Å²) in [7, 11) is 0. The Kier molecular flexibility index (Phi) is 10.2. The molecule has 8 nitrogen and oxygen atoms in total. The summed E-state index contributed by atoms with van der Waals surface area (Å²) in [6.07, 6.45) is 0.0252. The van der Waals surface area contributed by atoms with E-state index in [4.69, 9.17) is 4.74 Å². The van der Waals surface area contributed by atoms with Crippen molar-refractivity contribution in [3.8, 4) is 11.1 Å². The molecular weight excluding hydrogens is 470 g/mol. The molecule has 3 amide bonds. The fourth-order valence-electron chi connectivity index (χ4n) is 3.84. The molecule has 194 valence electrons. The molecule has 4 N–H and O–H groups in total. The highest BCUT2D eigenvalue weighted by Gasteiger charge is 2.30. The van der Waals surface area contributed by atoms with E-state index >= 15 is 0 Å². The second-order valence-electron chi connectivity index (χ2n) is 8.87. The van der Waals surface area contributed by atoms with Gasteiger partial charge < -0.3 is 15.4 Å². The number of ether oxygens (including phenoxy) is 1. The molecule has 1 unspecified atom stereocenters. The van der Waals surface area contributed by atoms with E-state index in [0.29, 0.717) is 6.42 Å². The normalized spacial score (nSPS) is 13.1. The number of hydroxylamine groups is 1. The smallest absolute Gasteiger partial charge is 0.408 e. The van der Waals surface area contributed by atoms with Gasteiger partial charge in [-0.2, -0.15) is 0 Å². The van der Waals surface area contributed by atoms with Crippen molar-refractivity contribution in [2.75, 3.05) is 0 Å². The van der Waals surface area contributed by atoms with Crippen molar-refractivity contribution in [1.29, 1.82) is 0 Å².